The molecule has 3 aromatic heterocycles. The Labute approximate surface area is 137 Å². The second kappa shape index (κ2) is 6.41. The Morgan fingerprint density at radius 1 is 1.30 bits per heavy atom. The lowest BCUT2D eigenvalue weighted by Crippen LogP contribution is -2.23. The van der Waals surface area contributed by atoms with Gasteiger partial charge in [0.05, 0.1) is 17.2 Å². The van der Waals surface area contributed by atoms with Crippen molar-refractivity contribution in [2.75, 3.05) is 0 Å². The molecule has 0 saturated carbocycles. The number of carbonyl (C=O) groups excluding carboxylic acids is 1. The largest absolute Gasteiger partial charge is 0.350 e. The number of nitrogens with one attached hydrogen (secondary N) is 1. The minimum atomic E-state index is 0.00754. The number of thiazole rings is 1. The fraction of sp³-hybridized carbons (Fsp3) is 0.400. The van der Waals surface area contributed by atoms with Crippen LogP contribution in [0.5, 0.6) is 0 Å². The zero-order valence-electron chi connectivity index (χ0n) is 13.3. The van der Waals surface area contributed by atoms with E-state index in [1.54, 1.807) is 15.9 Å². The van der Waals surface area contributed by atoms with E-state index in [9.17, 15) is 4.79 Å². The van der Waals surface area contributed by atoms with Gasteiger partial charge in [-0.05, 0) is 32.8 Å². The third-order valence-corrected chi connectivity index (χ3v) is 4.55. The standard InChI is InChI=1S/C15H18N6OS/c1-9-13(10(2)21-15(19-9)17-8-18-21)4-5-14(22)16-6-12-7-23-11(3)20-12/h7-8H,4-6H2,1-3H3,(H,16,22). The summed E-state index contributed by atoms with van der Waals surface area (Å²) in [5.41, 5.74) is 3.82. The van der Waals surface area contributed by atoms with Crippen LogP contribution in [0.3, 0.4) is 0 Å². The Morgan fingerprint density at radius 3 is 2.87 bits per heavy atom. The van der Waals surface area contributed by atoms with Crippen molar-refractivity contribution >= 4 is 23.0 Å². The van der Waals surface area contributed by atoms with Crippen LogP contribution in [0.4, 0.5) is 0 Å². The van der Waals surface area contributed by atoms with Gasteiger partial charge in [0.15, 0.2) is 0 Å². The van der Waals surface area contributed by atoms with Gasteiger partial charge in [-0.3, -0.25) is 4.79 Å². The fourth-order valence-corrected chi connectivity index (χ4v) is 3.14. The van der Waals surface area contributed by atoms with Crippen molar-refractivity contribution in [3.8, 4) is 0 Å². The molecule has 3 heterocycles. The third kappa shape index (κ3) is 3.37. The summed E-state index contributed by atoms with van der Waals surface area (Å²) in [4.78, 5) is 24.9. The molecule has 8 heteroatoms. The molecule has 23 heavy (non-hydrogen) atoms. The Bertz CT molecular complexity index is 853. The summed E-state index contributed by atoms with van der Waals surface area (Å²) in [6, 6.07) is 0. The van der Waals surface area contributed by atoms with Crippen molar-refractivity contribution in [1.29, 1.82) is 0 Å². The number of hydrogen-bond acceptors (Lipinski definition) is 6. The van der Waals surface area contributed by atoms with Crippen LogP contribution in [0.25, 0.3) is 5.78 Å². The molecule has 1 N–H and O–H groups in total. The maximum Gasteiger partial charge on any atom is 0.252 e. The summed E-state index contributed by atoms with van der Waals surface area (Å²) < 4.78 is 1.71. The molecule has 0 fully saturated rings. The van der Waals surface area contributed by atoms with Gasteiger partial charge in [-0.25, -0.2) is 14.5 Å². The van der Waals surface area contributed by atoms with E-state index in [0.717, 1.165) is 27.7 Å². The minimum absolute atomic E-state index is 0.00754. The zero-order chi connectivity index (χ0) is 16.4. The van der Waals surface area contributed by atoms with E-state index < -0.39 is 0 Å². The third-order valence-electron chi connectivity index (χ3n) is 3.72. The second-order valence-electron chi connectivity index (χ2n) is 5.37. The predicted octanol–water partition coefficient (Wildman–Crippen LogP) is 1.76. The summed E-state index contributed by atoms with van der Waals surface area (Å²) in [6.45, 7) is 6.34. The number of carbonyl (C=O) groups is 1. The summed E-state index contributed by atoms with van der Waals surface area (Å²) in [5, 5.41) is 10.0. The molecule has 0 saturated heterocycles. The maximum absolute atomic E-state index is 12.0. The fourth-order valence-electron chi connectivity index (χ4n) is 2.52. The van der Waals surface area contributed by atoms with Gasteiger partial charge in [-0.1, -0.05) is 0 Å². The lowest BCUT2D eigenvalue weighted by atomic mass is 10.1. The van der Waals surface area contributed by atoms with Crippen molar-refractivity contribution in [2.24, 2.45) is 0 Å². The molecule has 3 aromatic rings. The first-order valence-electron chi connectivity index (χ1n) is 7.38. The SMILES string of the molecule is Cc1nc(CNC(=O)CCc2c(C)nc3ncnn3c2C)cs1. The summed E-state index contributed by atoms with van der Waals surface area (Å²) in [5.74, 6) is 0.597. The molecule has 0 unspecified atom stereocenters. The zero-order valence-corrected chi connectivity index (χ0v) is 14.1. The summed E-state index contributed by atoms with van der Waals surface area (Å²) in [7, 11) is 0. The van der Waals surface area contributed by atoms with Crippen LogP contribution in [-0.4, -0.2) is 30.5 Å². The monoisotopic (exact) mass is 330 g/mol. The molecule has 120 valence electrons. The van der Waals surface area contributed by atoms with Crippen LogP contribution in [0.1, 0.15) is 34.1 Å². The van der Waals surface area contributed by atoms with Crippen molar-refractivity contribution < 1.29 is 4.79 Å². The number of hydrogen-bond donors (Lipinski definition) is 1. The van der Waals surface area contributed by atoms with Crippen LogP contribution in [-0.2, 0) is 17.8 Å². The van der Waals surface area contributed by atoms with Crippen LogP contribution in [0.2, 0.25) is 0 Å². The first kappa shape index (κ1) is 15.5. The number of nitrogens with zero attached hydrogens (tertiary/aromatic N) is 5. The molecule has 0 radical (unpaired) electrons. The van der Waals surface area contributed by atoms with E-state index in [-0.39, 0.29) is 5.91 Å². The second-order valence-corrected chi connectivity index (χ2v) is 6.43. The highest BCUT2D eigenvalue weighted by Crippen LogP contribution is 2.15. The Morgan fingerprint density at radius 2 is 2.13 bits per heavy atom. The van der Waals surface area contributed by atoms with E-state index in [1.165, 1.54) is 6.33 Å². The van der Waals surface area contributed by atoms with E-state index >= 15 is 0 Å². The molecular weight excluding hydrogens is 312 g/mol. The van der Waals surface area contributed by atoms with Crippen molar-refractivity contribution in [2.45, 2.75) is 40.2 Å². The summed E-state index contributed by atoms with van der Waals surface area (Å²) >= 11 is 1.59. The number of rotatable bonds is 5. The molecule has 0 aliphatic rings. The quantitative estimate of drug-likeness (QED) is 0.770. The highest BCUT2D eigenvalue weighted by atomic mass is 32.1. The van der Waals surface area contributed by atoms with Crippen molar-refractivity contribution in [3.63, 3.8) is 0 Å². The number of amides is 1. The Hall–Kier alpha value is -2.35. The maximum atomic E-state index is 12.0. The van der Waals surface area contributed by atoms with Crippen molar-refractivity contribution in [1.82, 2.24) is 29.9 Å². The predicted molar refractivity (Wildman–Crippen MR) is 87.3 cm³/mol. The first-order valence-corrected chi connectivity index (χ1v) is 8.26. The molecule has 0 aliphatic heterocycles. The minimum Gasteiger partial charge on any atom is -0.350 e. The molecule has 0 bridgehead atoms. The van der Waals surface area contributed by atoms with Gasteiger partial charge < -0.3 is 5.32 Å². The van der Waals surface area contributed by atoms with Gasteiger partial charge in [0, 0.05) is 23.2 Å². The lowest BCUT2D eigenvalue weighted by molar-refractivity contribution is -0.121. The topological polar surface area (TPSA) is 85.1 Å². The average molecular weight is 330 g/mol. The molecule has 0 atom stereocenters. The summed E-state index contributed by atoms with van der Waals surface area (Å²) in [6.07, 6.45) is 2.52. The smallest absolute Gasteiger partial charge is 0.252 e. The van der Waals surface area contributed by atoms with E-state index in [1.807, 2.05) is 26.2 Å². The molecule has 3 rings (SSSR count). The van der Waals surface area contributed by atoms with E-state index in [0.29, 0.717) is 25.2 Å². The van der Waals surface area contributed by atoms with Gasteiger partial charge in [0.25, 0.3) is 5.78 Å². The molecule has 0 aromatic carbocycles. The molecule has 0 spiro atoms. The van der Waals surface area contributed by atoms with Crippen LogP contribution in [0, 0.1) is 20.8 Å². The van der Waals surface area contributed by atoms with Gasteiger partial charge in [0.2, 0.25) is 5.91 Å². The van der Waals surface area contributed by atoms with Crippen molar-refractivity contribution in [3.05, 3.63) is 39.4 Å². The van der Waals surface area contributed by atoms with Gasteiger partial charge in [-0.2, -0.15) is 10.1 Å². The van der Waals surface area contributed by atoms with Gasteiger partial charge >= 0.3 is 0 Å². The Balaban J connectivity index is 1.62. The van der Waals surface area contributed by atoms with E-state index in [4.69, 9.17) is 0 Å². The van der Waals surface area contributed by atoms with E-state index in [2.05, 4.69) is 25.4 Å². The lowest BCUT2D eigenvalue weighted by Gasteiger charge is -2.10. The van der Waals surface area contributed by atoms with Gasteiger partial charge in [-0.15, -0.1) is 11.3 Å². The number of aryl methyl sites for hydroxylation is 3. The number of fused-ring (bicyclic) bond motifs is 1. The number of aromatic nitrogens is 5. The first-order chi connectivity index (χ1) is 11.0. The molecule has 7 nitrogen and oxygen atoms in total. The molecule has 0 aliphatic carbocycles. The molecule has 1 amide bonds. The average Bonchev–Trinajstić information content (AvgIpc) is 3.13. The highest BCUT2D eigenvalue weighted by Gasteiger charge is 2.12. The van der Waals surface area contributed by atoms with Gasteiger partial charge in [0.1, 0.15) is 6.33 Å². The van der Waals surface area contributed by atoms with Crippen LogP contribution < -0.4 is 5.32 Å². The van der Waals surface area contributed by atoms with Crippen LogP contribution >= 0.6 is 11.3 Å². The normalized spacial score (nSPS) is 11.1. The highest BCUT2D eigenvalue weighted by molar-refractivity contribution is 7.09. The Kier molecular flexibility index (Phi) is 4.33. The molecular formula is C15H18N6OS. The van der Waals surface area contributed by atoms with Crippen LogP contribution in [0.15, 0.2) is 11.7 Å².